The van der Waals surface area contributed by atoms with Crippen molar-refractivity contribution in [3.05, 3.63) is 41.5 Å². The van der Waals surface area contributed by atoms with Gasteiger partial charge in [-0.25, -0.2) is 0 Å². The number of ether oxygens (including phenoxy) is 1. The van der Waals surface area contributed by atoms with E-state index >= 15 is 0 Å². The van der Waals surface area contributed by atoms with Crippen LogP contribution in [-0.4, -0.2) is 12.4 Å². The summed E-state index contributed by atoms with van der Waals surface area (Å²) in [5, 5.41) is 0. The number of ketones is 1. The predicted molar refractivity (Wildman–Crippen MR) is 73.0 cm³/mol. The van der Waals surface area contributed by atoms with E-state index in [1.165, 1.54) is 5.56 Å². The van der Waals surface area contributed by atoms with E-state index in [2.05, 4.69) is 6.07 Å². The molecular formula is C16H20O2. The Morgan fingerprint density at radius 2 is 2.22 bits per heavy atom. The van der Waals surface area contributed by atoms with Crippen molar-refractivity contribution in [3.63, 3.8) is 0 Å². The van der Waals surface area contributed by atoms with Crippen LogP contribution in [0.5, 0.6) is 5.75 Å². The van der Waals surface area contributed by atoms with Gasteiger partial charge in [0.05, 0.1) is 6.61 Å². The van der Waals surface area contributed by atoms with Crippen molar-refractivity contribution in [1.29, 1.82) is 0 Å². The Labute approximate surface area is 109 Å². The Balaban J connectivity index is 2.14. The Morgan fingerprint density at radius 3 is 2.94 bits per heavy atom. The first-order valence-corrected chi connectivity index (χ1v) is 6.66. The molecule has 0 amide bonds. The van der Waals surface area contributed by atoms with Crippen molar-refractivity contribution in [2.45, 2.75) is 39.0 Å². The summed E-state index contributed by atoms with van der Waals surface area (Å²) in [4.78, 5) is 12.2. The second kappa shape index (κ2) is 5.85. The molecule has 0 aromatic heterocycles. The molecule has 0 N–H and O–H groups in total. The number of carbonyl (C=O) groups is 1. The minimum atomic E-state index is 0.279. The summed E-state index contributed by atoms with van der Waals surface area (Å²) in [6, 6.07) is 8.06. The zero-order valence-corrected chi connectivity index (χ0v) is 11.1. The van der Waals surface area contributed by atoms with Crippen LogP contribution < -0.4 is 4.74 Å². The van der Waals surface area contributed by atoms with E-state index in [1.807, 2.05) is 38.1 Å². The third kappa shape index (κ3) is 2.63. The maximum atomic E-state index is 12.2. The van der Waals surface area contributed by atoms with E-state index in [-0.39, 0.29) is 5.78 Å². The van der Waals surface area contributed by atoms with Crippen molar-refractivity contribution in [3.8, 4) is 5.75 Å². The average Bonchev–Trinajstić information content (AvgIpc) is 2.40. The van der Waals surface area contributed by atoms with Crippen molar-refractivity contribution in [1.82, 2.24) is 0 Å². The molecule has 1 unspecified atom stereocenters. The van der Waals surface area contributed by atoms with E-state index < -0.39 is 0 Å². The SMILES string of the molecule is C/C=C(/CC)C(=O)CC1CCOc2ccccc21. The Morgan fingerprint density at radius 1 is 1.44 bits per heavy atom. The average molecular weight is 244 g/mol. The quantitative estimate of drug-likeness (QED) is 0.751. The molecule has 96 valence electrons. The fraction of sp³-hybridized carbons (Fsp3) is 0.438. The number of Topliss-reactive ketones (excluding diaryl/α,β-unsaturated/α-hetero) is 1. The number of hydrogen-bond acceptors (Lipinski definition) is 2. The maximum absolute atomic E-state index is 12.2. The van der Waals surface area contributed by atoms with Crippen LogP contribution in [-0.2, 0) is 4.79 Å². The summed E-state index contributed by atoms with van der Waals surface area (Å²) >= 11 is 0. The molecule has 0 aliphatic carbocycles. The van der Waals surface area contributed by atoms with Gasteiger partial charge in [-0.1, -0.05) is 31.2 Å². The minimum absolute atomic E-state index is 0.279. The molecule has 1 aromatic carbocycles. The second-order valence-electron chi connectivity index (χ2n) is 4.67. The Kier molecular flexibility index (Phi) is 4.19. The van der Waals surface area contributed by atoms with Gasteiger partial charge in [-0.15, -0.1) is 0 Å². The molecular weight excluding hydrogens is 224 g/mol. The van der Waals surface area contributed by atoms with Crippen molar-refractivity contribution in [2.24, 2.45) is 0 Å². The first-order chi connectivity index (χ1) is 8.76. The van der Waals surface area contributed by atoms with Gasteiger partial charge in [-0.2, -0.15) is 0 Å². The lowest BCUT2D eigenvalue weighted by Gasteiger charge is -2.25. The molecule has 1 atom stereocenters. The monoisotopic (exact) mass is 244 g/mol. The van der Waals surface area contributed by atoms with Gasteiger partial charge in [-0.3, -0.25) is 4.79 Å². The highest BCUT2D eigenvalue weighted by molar-refractivity contribution is 5.95. The van der Waals surface area contributed by atoms with Crippen LogP contribution in [0.4, 0.5) is 0 Å². The van der Waals surface area contributed by atoms with Crippen LogP contribution in [0.3, 0.4) is 0 Å². The molecule has 0 fully saturated rings. The first kappa shape index (κ1) is 12.9. The fourth-order valence-electron chi connectivity index (χ4n) is 2.55. The van der Waals surface area contributed by atoms with Crippen LogP contribution in [0, 0.1) is 0 Å². The van der Waals surface area contributed by atoms with Crippen LogP contribution >= 0.6 is 0 Å². The number of allylic oxidation sites excluding steroid dienone is 2. The standard InChI is InChI=1S/C16H20O2/c1-3-12(4-2)15(17)11-13-9-10-18-16-8-6-5-7-14(13)16/h3,5-8,13H,4,9-11H2,1-2H3/b12-3-. The van der Waals surface area contributed by atoms with Crippen LogP contribution in [0.15, 0.2) is 35.9 Å². The molecule has 0 saturated carbocycles. The van der Waals surface area contributed by atoms with Crippen LogP contribution in [0.25, 0.3) is 0 Å². The van der Waals surface area contributed by atoms with Gasteiger partial charge in [0.2, 0.25) is 0 Å². The van der Waals surface area contributed by atoms with E-state index in [0.29, 0.717) is 18.9 Å². The van der Waals surface area contributed by atoms with E-state index in [0.717, 1.165) is 24.2 Å². The smallest absolute Gasteiger partial charge is 0.159 e. The Hall–Kier alpha value is -1.57. The maximum Gasteiger partial charge on any atom is 0.159 e. The lowest BCUT2D eigenvalue weighted by Crippen LogP contribution is -2.17. The molecule has 0 bridgehead atoms. The van der Waals surface area contributed by atoms with Gasteiger partial charge < -0.3 is 4.74 Å². The van der Waals surface area contributed by atoms with Gasteiger partial charge in [0, 0.05) is 6.42 Å². The second-order valence-corrected chi connectivity index (χ2v) is 4.67. The van der Waals surface area contributed by atoms with Gasteiger partial charge in [0.25, 0.3) is 0 Å². The summed E-state index contributed by atoms with van der Waals surface area (Å²) in [7, 11) is 0. The van der Waals surface area contributed by atoms with Crippen molar-refractivity contribution >= 4 is 5.78 Å². The van der Waals surface area contributed by atoms with E-state index in [4.69, 9.17) is 4.74 Å². The number of carbonyl (C=O) groups excluding carboxylic acids is 1. The summed E-state index contributed by atoms with van der Waals surface area (Å²) in [6.45, 7) is 4.69. The highest BCUT2D eigenvalue weighted by Gasteiger charge is 2.24. The highest BCUT2D eigenvalue weighted by Crippen LogP contribution is 2.36. The van der Waals surface area contributed by atoms with Gasteiger partial charge in [0.15, 0.2) is 5.78 Å². The molecule has 18 heavy (non-hydrogen) atoms. The topological polar surface area (TPSA) is 26.3 Å². The number of rotatable bonds is 4. The highest BCUT2D eigenvalue weighted by atomic mass is 16.5. The molecule has 2 nitrogen and oxygen atoms in total. The molecule has 1 aliphatic heterocycles. The molecule has 1 heterocycles. The number of fused-ring (bicyclic) bond motifs is 1. The van der Waals surface area contributed by atoms with Gasteiger partial charge in [-0.05, 0) is 42.9 Å². The van der Waals surface area contributed by atoms with Crippen LogP contribution in [0.2, 0.25) is 0 Å². The summed E-state index contributed by atoms with van der Waals surface area (Å²) in [6.07, 6.45) is 4.30. The van der Waals surface area contributed by atoms with Gasteiger partial charge >= 0.3 is 0 Å². The van der Waals surface area contributed by atoms with Crippen molar-refractivity contribution < 1.29 is 9.53 Å². The van der Waals surface area contributed by atoms with Crippen molar-refractivity contribution in [2.75, 3.05) is 6.61 Å². The lowest BCUT2D eigenvalue weighted by atomic mass is 9.87. The Bertz CT molecular complexity index is 460. The molecule has 2 rings (SSSR count). The lowest BCUT2D eigenvalue weighted by molar-refractivity contribution is -0.116. The van der Waals surface area contributed by atoms with Crippen LogP contribution in [0.1, 0.15) is 44.6 Å². The fourth-order valence-corrected chi connectivity index (χ4v) is 2.55. The molecule has 0 saturated heterocycles. The zero-order valence-electron chi connectivity index (χ0n) is 11.1. The largest absolute Gasteiger partial charge is 0.493 e. The third-order valence-electron chi connectivity index (χ3n) is 3.60. The van der Waals surface area contributed by atoms with E-state index in [1.54, 1.807) is 0 Å². The molecule has 1 aromatic rings. The normalized spacial score (nSPS) is 19.0. The molecule has 2 heteroatoms. The summed E-state index contributed by atoms with van der Waals surface area (Å²) in [5.41, 5.74) is 2.13. The molecule has 1 aliphatic rings. The summed E-state index contributed by atoms with van der Waals surface area (Å²) in [5.74, 6) is 1.53. The number of para-hydroxylation sites is 1. The minimum Gasteiger partial charge on any atom is -0.493 e. The summed E-state index contributed by atoms with van der Waals surface area (Å²) < 4.78 is 5.62. The van der Waals surface area contributed by atoms with E-state index in [9.17, 15) is 4.79 Å². The molecule has 0 spiro atoms. The number of benzene rings is 1. The number of hydrogen-bond donors (Lipinski definition) is 0. The first-order valence-electron chi connectivity index (χ1n) is 6.66. The third-order valence-corrected chi connectivity index (χ3v) is 3.60. The molecule has 0 radical (unpaired) electrons. The predicted octanol–water partition coefficient (Wildman–Crippen LogP) is 3.87. The van der Waals surface area contributed by atoms with Gasteiger partial charge in [0.1, 0.15) is 5.75 Å². The zero-order chi connectivity index (χ0) is 13.0.